The first-order valence-electron chi connectivity index (χ1n) is 6.81. The third kappa shape index (κ3) is 2.45. The van der Waals surface area contributed by atoms with Crippen LogP contribution in [0.5, 0.6) is 0 Å². The molecule has 7 heteroatoms. The van der Waals surface area contributed by atoms with Gasteiger partial charge in [0.25, 0.3) is 0 Å². The molecule has 0 aromatic carbocycles. The fourth-order valence-corrected chi connectivity index (χ4v) is 4.57. The zero-order valence-electron chi connectivity index (χ0n) is 11.3. The average molecular weight is 299 g/mol. The van der Waals surface area contributed by atoms with Gasteiger partial charge >= 0.3 is 0 Å². The van der Waals surface area contributed by atoms with Crippen molar-refractivity contribution in [1.29, 1.82) is 0 Å². The van der Waals surface area contributed by atoms with E-state index in [0.29, 0.717) is 12.1 Å². The maximum absolute atomic E-state index is 13.2. The fraction of sp³-hybridized carbons (Fsp3) is 0.615. The van der Waals surface area contributed by atoms with Crippen LogP contribution in [0.15, 0.2) is 23.4 Å². The summed E-state index contributed by atoms with van der Waals surface area (Å²) < 4.78 is 39.6. The Morgan fingerprint density at radius 2 is 1.95 bits per heavy atom. The number of hydrogen-bond donors (Lipinski definition) is 1. The summed E-state index contributed by atoms with van der Waals surface area (Å²) in [6, 6.07) is 1.81. The molecule has 2 aliphatic rings. The Labute approximate surface area is 118 Å². The largest absolute Gasteiger partial charge is 0.311 e. The van der Waals surface area contributed by atoms with Gasteiger partial charge in [-0.1, -0.05) is 0 Å². The van der Waals surface area contributed by atoms with E-state index in [1.165, 1.54) is 10.5 Å². The fourth-order valence-electron chi connectivity index (χ4n) is 3.22. The number of fused-ring (bicyclic) bond motifs is 2. The van der Waals surface area contributed by atoms with Gasteiger partial charge in [0.15, 0.2) is 0 Å². The van der Waals surface area contributed by atoms with Crippen molar-refractivity contribution >= 4 is 10.0 Å². The van der Waals surface area contributed by atoms with Gasteiger partial charge in [-0.15, -0.1) is 0 Å². The highest BCUT2D eigenvalue weighted by atomic mass is 32.2. The van der Waals surface area contributed by atoms with E-state index in [0.717, 1.165) is 37.9 Å². The molecule has 5 nitrogen and oxygen atoms in total. The van der Waals surface area contributed by atoms with E-state index >= 15 is 0 Å². The predicted molar refractivity (Wildman–Crippen MR) is 72.1 cm³/mol. The van der Waals surface area contributed by atoms with Crippen molar-refractivity contribution in [3.63, 3.8) is 0 Å². The van der Waals surface area contributed by atoms with Crippen molar-refractivity contribution in [2.45, 2.75) is 48.7 Å². The molecule has 0 spiro atoms. The van der Waals surface area contributed by atoms with Crippen LogP contribution in [-0.4, -0.2) is 42.9 Å². The molecular formula is C13H18FN3O2S. The molecule has 0 saturated carbocycles. The number of aromatic nitrogens is 1. The van der Waals surface area contributed by atoms with Gasteiger partial charge in [0.05, 0.1) is 6.20 Å². The molecule has 110 valence electrons. The standard InChI is InChI=1S/C13H18FN3O2S/c1-17(12-5-10-2-3-11(6-12)16-10)20(18,19)13-4-9(14)7-15-8-13/h4,7-8,10-12,16H,2-3,5-6H2,1H3. The van der Waals surface area contributed by atoms with Crippen LogP contribution in [-0.2, 0) is 10.0 Å². The summed E-state index contributed by atoms with van der Waals surface area (Å²) in [5.41, 5.74) is 0. The van der Waals surface area contributed by atoms with Crippen molar-refractivity contribution in [2.24, 2.45) is 0 Å². The van der Waals surface area contributed by atoms with Crippen molar-refractivity contribution in [2.75, 3.05) is 7.05 Å². The molecule has 2 atom stereocenters. The lowest BCUT2D eigenvalue weighted by atomic mass is 10.0. The van der Waals surface area contributed by atoms with E-state index in [4.69, 9.17) is 0 Å². The van der Waals surface area contributed by atoms with E-state index in [9.17, 15) is 12.8 Å². The molecule has 2 aliphatic heterocycles. The molecule has 0 aliphatic carbocycles. The van der Waals surface area contributed by atoms with Crippen molar-refractivity contribution in [3.8, 4) is 0 Å². The molecule has 3 rings (SSSR count). The third-order valence-corrected chi connectivity index (χ3v) is 6.19. The van der Waals surface area contributed by atoms with Crippen LogP contribution >= 0.6 is 0 Å². The minimum Gasteiger partial charge on any atom is -0.311 e. The number of halogens is 1. The molecule has 1 aromatic rings. The van der Waals surface area contributed by atoms with E-state index in [2.05, 4.69) is 10.3 Å². The predicted octanol–water partition coefficient (Wildman–Crippen LogP) is 1.12. The van der Waals surface area contributed by atoms with Crippen LogP contribution in [0.2, 0.25) is 0 Å². The van der Waals surface area contributed by atoms with Crippen molar-refractivity contribution in [3.05, 3.63) is 24.3 Å². The summed E-state index contributed by atoms with van der Waals surface area (Å²) in [4.78, 5) is 3.55. The van der Waals surface area contributed by atoms with Gasteiger partial charge in [-0.3, -0.25) is 4.98 Å². The molecule has 1 N–H and O–H groups in total. The lowest BCUT2D eigenvalue weighted by Crippen LogP contribution is -2.48. The van der Waals surface area contributed by atoms with Gasteiger partial charge in [0, 0.05) is 31.4 Å². The number of piperidine rings is 1. The first-order chi connectivity index (χ1) is 9.46. The summed E-state index contributed by atoms with van der Waals surface area (Å²) >= 11 is 0. The molecule has 20 heavy (non-hydrogen) atoms. The topological polar surface area (TPSA) is 62.3 Å². The van der Waals surface area contributed by atoms with Crippen LogP contribution in [0.3, 0.4) is 0 Å². The molecule has 2 unspecified atom stereocenters. The highest BCUT2D eigenvalue weighted by molar-refractivity contribution is 7.89. The Bertz CT molecular complexity index is 595. The van der Waals surface area contributed by atoms with E-state index in [1.54, 1.807) is 7.05 Å². The van der Waals surface area contributed by atoms with Crippen LogP contribution in [0.4, 0.5) is 4.39 Å². The van der Waals surface area contributed by atoms with E-state index < -0.39 is 15.8 Å². The number of sulfonamides is 1. The highest BCUT2D eigenvalue weighted by Crippen LogP contribution is 2.31. The molecule has 0 amide bonds. The quantitative estimate of drug-likeness (QED) is 0.908. The minimum absolute atomic E-state index is 0.0259. The van der Waals surface area contributed by atoms with Gasteiger partial charge in [-0.2, -0.15) is 4.31 Å². The Morgan fingerprint density at radius 3 is 2.55 bits per heavy atom. The van der Waals surface area contributed by atoms with Gasteiger partial charge in [-0.25, -0.2) is 12.8 Å². The molecular weight excluding hydrogens is 281 g/mol. The Balaban J connectivity index is 1.84. The van der Waals surface area contributed by atoms with Crippen molar-refractivity contribution in [1.82, 2.24) is 14.6 Å². The molecule has 2 fully saturated rings. The van der Waals surface area contributed by atoms with Gasteiger partial charge in [-0.05, 0) is 31.7 Å². The second-order valence-corrected chi connectivity index (χ2v) is 7.62. The maximum atomic E-state index is 13.2. The van der Waals surface area contributed by atoms with Crippen LogP contribution in [0.1, 0.15) is 25.7 Å². The van der Waals surface area contributed by atoms with E-state index in [-0.39, 0.29) is 10.9 Å². The smallest absolute Gasteiger partial charge is 0.244 e. The van der Waals surface area contributed by atoms with Crippen LogP contribution < -0.4 is 5.32 Å². The summed E-state index contributed by atoms with van der Waals surface area (Å²) in [6.07, 6.45) is 6.05. The minimum atomic E-state index is -3.68. The SMILES string of the molecule is CN(C1CC2CCC(C1)N2)S(=O)(=O)c1cncc(F)c1. The van der Waals surface area contributed by atoms with Crippen LogP contribution in [0.25, 0.3) is 0 Å². The number of hydrogen-bond acceptors (Lipinski definition) is 4. The summed E-state index contributed by atoms with van der Waals surface area (Å²) in [5, 5.41) is 3.48. The molecule has 2 saturated heterocycles. The monoisotopic (exact) mass is 299 g/mol. The summed E-state index contributed by atoms with van der Waals surface area (Å²) in [7, 11) is -2.10. The summed E-state index contributed by atoms with van der Waals surface area (Å²) in [6.45, 7) is 0. The first-order valence-corrected chi connectivity index (χ1v) is 8.25. The van der Waals surface area contributed by atoms with Crippen molar-refractivity contribution < 1.29 is 12.8 Å². The molecule has 2 bridgehead atoms. The lowest BCUT2D eigenvalue weighted by Gasteiger charge is -2.34. The maximum Gasteiger partial charge on any atom is 0.244 e. The zero-order valence-corrected chi connectivity index (χ0v) is 12.1. The zero-order chi connectivity index (χ0) is 14.3. The van der Waals surface area contributed by atoms with Gasteiger partial charge < -0.3 is 5.32 Å². The number of nitrogens with zero attached hydrogens (tertiary/aromatic N) is 2. The Morgan fingerprint density at radius 1 is 1.30 bits per heavy atom. The number of rotatable bonds is 3. The lowest BCUT2D eigenvalue weighted by molar-refractivity contribution is 0.251. The molecule has 1 aromatic heterocycles. The second kappa shape index (κ2) is 5.05. The number of pyridine rings is 1. The summed E-state index contributed by atoms with van der Waals surface area (Å²) in [5.74, 6) is -0.634. The molecule has 0 radical (unpaired) electrons. The number of nitrogens with one attached hydrogen (secondary N) is 1. The van der Waals surface area contributed by atoms with Gasteiger partial charge in [0.1, 0.15) is 10.7 Å². The highest BCUT2D eigenvalue weighted by Gasteiger charge is 2.38. The second-order valence-electron chi connectivity index (χ2n) is 5.62. The van der Waals surface area contributed by atoms with Gasteiger partial charge in [0.2, 0.25) is 10.0 Å². The molecule has 3 heterocycles. The average Bonchev–Trinajstić information content (AvgIpc) is 2.76. The Hall–Kier alpha value is -1.05. The van der Waals surface area contributed by atoms with E-state index in [1.807, 2.05) is 0 Å². The van der Waals surface area contributed by atoms with Crippen LogP contribution in [0, 0.1) is 5.82 Å². The Kier molecular flexibility index (Phi) is 3.51. The first kappa shape index (κ1) is 13.9. The normalized spacial score (nSPS) is 29.9. The third-order valence-electron chi connectivity index (χ3n) is 4.32.